The number of hydrogen-bond acceptors (Lipinski definition) is 2. The molecule has 0 spiro atoms. The van der Waals surface area contributed by atoms with Crippen molar-refractivity contribution in [2.75, 3.05) is 10.6 Å². The number of rotatable bonds is 4. The fourth-order valence-corrected chi connectivity index (χ4v) is 2.82. The van der Waals surface area contributed by atoms with Gasteiger partial charge in [0.1, 0.15) is 5.69 Å². The van der Waals surface area contributed by atoms with Crippen LogP contribution in [0.15, 0.2) is 48.5 Å². The largest absolute Gasteiger partial charge is 0.351 e. The molecule has 1 aliphatic rings. The van der Waals surface area contributed by atoms with Gasteiger partial charge in [-0.25, -0.2) is 4.79 Å². The number of hydrogen-bond donors (Lipinski definition) is 4. The number of aromatic nitrogens is 1. The van der Waals surface area contributed by atoms with Crippen molar-refractivity contribution in [3.8, 4) is 0 Å². The number of halogens is 1. The lowest BCUT2D eigenvalue weighted by molar-refractivity contribution is 0.102. The molecule has 6 nitrogen and oxygen atoms in total. The van der Waals surface area contributed by atoms with E-state index in [0.29, 0.717) is 28.1 Å². The van der Waals surface area contributed by atoms with E-state index in [1.807, 2.05) is 6.07 Å². The topological polar surface area (TPSA) is 86.0 Å². The standard InChI is InChI=1S/C19H17ClN4O2/c20-12-1-8-16-11(9-12)10-17(24-16)18(25)21-13-2-4-14(5-3-13)22-19(26)23-15-6-7-15/h1-5,8-10,15,24H,6-7H2,(H,21,25)(H2,22,23,26). The lowest BCUT2D eigenvalue weighted by Crippen LogP contribution is -2.30. The third kappa shape index (κ3) is 3.81. The molecule has 0 atom stereocenters. The van der Waals surface area contributed by atoms with E-state index >= 15 is 0 Å². The number of H-pyrrole nitrogens is 1. The summed E-state index contributed by atoms with van der Waals surface area (Å²) in [6.07, 6.45) is 2.08. The molecule has 4 N–H and O–H groups in total. The zero-order chi connectivity index (χ0) is 18.1. The van der Waals surface area contributed by atoms with Gasteiger partial charge in [0, 0.05) is 33.3 Å². The van der Waals surface area contributed by atoms with Crippen LogP contribution in [0, 0.1) is 0 Å². The minimum Gasteiger partial charge on any atom is -0.351 e. The molecule has 3 aromatic rings. The molecule has 0 unspecified atom stereocenters. The van der Waals surface area contributed by atoms with Gasteiger partial charge in [-0.2, -0.15) is 0 Å². The van der Waals surface area contributed by atoms with Crippen LogP contribution in [0.2, 0.25) is 5.02 Å². The summed E-state index contributed by atoms with van der Waals surface area (Å²) in [5.41, 5.74) is 2.61. The number of aromatic amines is 1. The molecule has 0 radical (unpaired) electrons. The van der Waals surface area contributed by atoms with Crippen LogP contribution in [0.5, 0.6) is 0 Å². The number of amides is 3. The highest BCUT2D eigenvalue weighted by atomic mass is 35.5. The highest BCUT2D eigenvalue weighted by Gasteiger charge is 2.23. The first kappa shape index (κ1) is 16.5. The molecule has 1 saturated carbocycles. The summed E-state index contributed by atoms with van der Waals surface area (Å²) >= 11 is 5.97. The second kappa shape index (κ2) is 6.72. The van der Waals surface area contributed by atoms with Gasteiger partial charge in [-0.05, 0) is 61.4 Å². The summed E-state index contributed by atoms with van der Waals surface area (Å²) in [7, 11) is 0. The molecule has 1 aromatic heterocycles. The average molecular weight is 369 g/mol. The Morgan fingerprint density at radius 2 is 1.65 bits per heavy atom. The van der Waals surface area contributed by atoms with Gasteiger partial charge < -0.3 is 20.9 Å². The molecule has 0 bridgehead atoms. The summed E-state index contributed by atoms with van der Waals surface area (Å²) in [6.45, 7) is 0. The molecule has 132 valence electrons. The summed E-state index contributed by atoms with van der Waals surface area (Å²) in [4.78, 5) is 27.2. The highest BCUT2D eigenvalue weighted by Crippen LogP contribution is 2.22. The zero-order valence-corrected chi connectivity index (χ0v) is 14.6. The van der Waals surface area contributed by atoms with Gasteiger partial charge in [0.2, 0.25) is 0 Å². The Bertz CT molecular complexity index is 977. The molecule has 2 aromatic carbocycles. The van der Waals surface area contributed by atoms with Crippen LogP contribution in [-0.2, 0) is 0 Å². The smallest absolute Gasteiger partial charge is 0.319 e. The molecule has 0 aliphatic heterocycles. The van der Waals surface area contributed by atoms with Gasteiger partial charge in [0.25, 0.3) is 5.91 Å². The van der Waals surface area contributed by atoms with E-state index in [1.54, 1.807) is 42.5 Å². The minimum absolute atomic E-state index is 0.207. The van der Waals surface area contributed by atoms with Crippen LogP contribution in [-0.4, -0.2) is 23.0 Å². The van der Waals surface area contributed by atoms with E-state index in [9.17, 15) is 9.59 Å². The first-order valence-electron chi connectivity index (χ1n) is 8.34. The molecular formula is C19H17ClN4O2. The Morgan fingerprint density at radius 3 is 2.35 bits per heavy atom. The maximum Gasteiger partial charge on any atom is 0.319 e. The average Bonchev–Trinajstić information content (AvgIpc) is 3.31. The number of urea groups is 1. The van der Waals surface area contributed by atoms with E-state index < -0.39 is 0 Å². The van der Waals surface area contributed by atoms with Gasteiger partial charge in [0.15, 0.2) is 0 Å². The zero-order valence-electron chi connectivity index (χ0n) is 13.8. The number of benzene rings is 2. The molecule has 1 aliphatic carbocycles. The molecule has 7 heteroatoms. The predicted molar refractivity (Wildman–Crippen MR) is 103 cm³/mol. The molecule has 3 amide bonds. The first-order chi connectivity index (χ1) is 12.6. The fraction of sp³-hybridized carbons (Fsp3) is 0.158. The van der Waals surface area contributed by atoms with Gasteiger partial charge in [0.05, 0.1) is 0 Å². The second-order valence-corrected chi connectivity index (χ2v) is 6.76. The van der Waals surface area contributed by atoms with E-state index in [2.05, 4.69) is 20.9 Å². The van der Waals surface area contributed by atoms with Gasteiger partial charge in [-0.1, -0.05) is 11.6 Å². The Labute approximate surface area is 154 Å². The molecule has 26 heavy (non-hydrogen) atoms. The second-order valence-electron chi connectivity index (χ2n) is 6.32. The monoisotopic (exact) mass is 368 g/mol. The first-order valence-corrected chi connectivity index (χ1v) is 8.72. The van der Waals surface area contributed by atoms with Crippen molar-refractivity contribution in [1.29, 1.82) is 0 Å². The third-order valence-corrected chi connectivity index (χ3v) is 4.38. The van der Waals surface area contributed by atoms with Crippen LogP contribution in [0.3, 0.4) is 0 Å². The summed E-state index contributed by atoms with van der Waals surface area (Å²) in [6, 6.07) is 14.2. The predicted octanol–water partition coefficient (Wildman–Crippen LogP) is 4.36. The molecule has 1 fully saturated rings. The van der Waals surface area contributed by atoms with Crippen LogP contribution < -0.4 is 16.0 Å². The molecule has 0 saturated heterocycles. The van der Waals surface area contributed by atoms with E-state index in [4.69, 9.17) is 11.6 Å². The van der Waals surface area contributed by atoms with Crippen molar-refractivity contribution >= 4 is 45.8 Å². The van der Waals surface area contributed by atoms with Crippen molar-refractivity contribution in [3.05, 3.63) is 59.2 Å². The quantitative estimate of drug-likeness (QED) is 0.551. The van der Waals surface area contributed by atoms with Crippen LogP contribution in [0.25, 0.3) is 10.9 Å². The fourth-order valence-electron chi connectivity index (χ4n) is 2.64. The molecular weight excluding hydrogens is 352 g/mol. The molecule has 1 heterocycles. The Hall–Kier alpha value is -2.99. The Kier molecular flexibility index (Phi) is 4.26. The van der Waals surface area contributed by atoms with Gasteiger partial charge in [-0.3, -0.25) is 4.79 Å². The minimum atomic E-state index is -0.246. The third-order valence-electron chi connectivity index (χ3n) is 4.14. The summed E-state index contributed by atoms with van der Waals surface area (Å²) in [5, 5.41) is 9.95. The highest BCUT2D eigenvalue weighted by molar-refractivity contribution is 6.31. The van der Waals surface area contributed by atoms with Crippen molar-refractivity contribution in [2.24, 2.45) is 0 Å². The Morgan fingerprint density at radius 1 is 0.962 bits per heavy atom. The number of carbonyl (C=O) groups excluding carboxylic acids is 2. The summed E-state index contributed by atoms with van der Waals surface area (Å²) in [5.74, 6) is -0.246. The maximum atomic E-state index is 12.4. The van der Waals surface area contributed by atoms with Crippen LogP contribution >= 0.6 is 11.6 Å². The SMILES string of the molecule is O=C(Nc1ccc(NC(=O)c2cc3cc(Cl)ccc3[nH]2)cc1)NC1CC1. The van der Waals surface area contributed by atoms with Crippen molar-refractivity contribution < 1.29 is 9.59 Å². The van der Waals surface area contributed by atoms with Gasteiger partial charge in [-0.15, -0.1) is 0 Å². The maximum absolute atomic E-state index is 12.4. The van der Waals surface area contributed by atoms with E-state index in [-0.39, 0.29) is 11.9 Å². The molecule has 4 rings (SSSR count). The number of fused-ring (bicyclic) bond motifs is 1. The van der Waals surface area contributed by atoms with Crippen molar-refractivity contribution in [3.63, 3.8) is 0 Å². The van der Waals surface area contributed by atoms with E-state index in [1.165, 1.54) is 0 Å². The lowest BCUT2D eigenvalue weighted by Gasteiger charge is -2.08. The van der Waals surface area contributed by atoms with Gasteiger partial charge >= 0.3 is 6.03 Å². The van der Waals surface area contributed by atoms with Crippen LogP contribution in [0.4, 0.5) is 16.2 Å². The number of carbonyl (C=O) groups is 2. The van der Waals surface area contributed by atoms with Crippen LogP contribution in [0.1, 0.15) is 23.3 Å². The van der Waals surface area contributed by atoms with Crippen molar-refractivity contribution in [2.45, 2.75) is 18.9 Å². The summed E-state index contributed by atoms with van der Waals surface area (Å²) < 4.78 is 0. The van der Waals surface area contributed by atoms with E-state index in [0.717, 1.165) is 23.7 Å². The number of nitrogens with one attached hydrogen (secondary N) is 4. The number of anilines is 2. The normalized spacial score (nSPS) is 13.4. The van der Waals surface area contributed by atoms with Crippen molar-refractivity contribution in [1.82, 2.24) is 10.3 Å². The Balaban J connectivity index is 1.40. The lowest BCUT2D eigenvalue weighted by atomic mass is 10.2.